The topological polar surface area (TPSA) is 47.3 Å². The molecule has 0 atom stereocenters. The summed E-state index contributed by atoms with van der Waals surface area (Å²) in [5.41, 5.74) is 9.49. The zero-order valence-electron chi connectivity index (χ0n) is 6.40. The minimum atomic E-state index is 0.546. The van der Waals surface area contributed by atoms with E-state index in [4.69, 9.17) is 22.2 Å². The summed E-state index contributed by atoms with van der Waals surface area (Å²) >= 11 is 9.06. The monoisotopic (exact) mass is 250 g/mol. The lowest BCUT2D eigenvalue weighted by Gasteiger charge is -2.07. The third-order valence-electron chi connectivity index (χ3n) is 1.30. The molecule has 3 N–H and O–H groups in total. The average molecular weight is 252 g/mol. The van der Waals surface area contributed by atoms with E-state index < -0.39 is 0 Å². The summed E-state index contributed by atoms with van der Waals surface area (Å²) < 4.78 is 0.776. The summed E-state index contributed by atoms with van der Waals surface area (Å²) in [4.78, 5) is 4.71. The van der Waals surface area contributed by atoms with Crippen molar-refractivity contribution in [3.63, 3.8) is 0 Å². The normalized spacial score (nSPS) is 9.92. The number of benzene rings is 1. The van der Waals surface area contributed by atoms with Crippen LogP contribution in [0.4, 0.5) is 11.4 Å². The third-order valence-corrected chi connectivity index (χ3v) is 2.50. The molecule has 0 heterocycles. The second kappa shape index (κ2) is 3.98. The van der Waals surface area contributed by atoms with E-state index in [0.29, 0.717) is 16.4 Å². The fourth-order valence-electron chi connectivity index (χ4n) is 0.761. The first kappa shape index (κ1) is 9.64. The van der Waals surface area contributed by atoms with E-state index in [1.54, 1.807) is 12.1 Å². The highest BCUT2D eigenvalue weighted by molar-refractivity contribution is 9.10. The van der Waals surface area contributed by atoms with Crippen LogP contribution in [0.3, 0.4) is 0 Å². The number of halogens is 2. The molecule has 1 aromatic carbocycles. The van der Waals surface area contributed by atoms with Crippen molar-refractivity contribution in [3.05, 3.63) is 21.6 Å². The highest BCUT2D eigenvalue weighted by atomic mass is 79.9. The number of hydrogen-bond donors (Lipinski definition) is 2. The molecule has 0 spiro atoms. The molecule has 12 heavy (non-hydrogen) atoms. The molecule has 3 nitrogen and oxygen atoms in total. The molecule has 0 saturated heterocycles. The lowest BCUT2D eigenvalue weighted by Crippen LogP contribution is -1.99. The lowest BCUT2D eigenvalue weighted by atomic mass is 10.3. The van der Waals surface area contributed by atoms with Crippen molar-refractivity contribution < 1.29 is 4.84 Å². The summed E-state index contributed by atoms with van der Waals surface area (Å²) in [5, 5.41) is 0.578. The standard InChI is InChI=1S/C7H8BrClN2O/c1-12-11-7-2-4(8)5(9)3-6(7)10/h2-3,11H,10H2,1H3. The quantitative estimate of drug-likeness (QED) is 0.627. The molecule has 0 fully saturated rings. The molecule has 0 aliphatic carbocycles. The summed E-state index contributed by atoms with van der Waals surface area (Å²) in [6.45, 7) is 0. The number of nitrogen functional groups attached to an aromatic ring is 1. The molecule has 0 amide bonds. The van der Waals surface area contributed by atoms with Gasteiger partial charge in [0.05, 0.1) is 23.5 Å². The maximum Gasteiger partial charge on any atom is 0.0846 e. The van der Waals surface area contributed by atoms with E-state index in [9.17, 15) is 0 Å². The number of rotatable bonds is 2. The van der Waals surface area contributed by atoms with E-state index >= 15 is 0 Å². The number of nitrogens with two attached hydrogens (primary N) is 1. The SMILES string of the molecule is CONc1cc(Br)c(Cl)cc1N. The summed E-state index contributed by atoms with van der Waals surface area (Å²) in [6, 6.07) is 3.40. The van der Waals surface area contributed by atoms with Crippen molar-refractivity contribution in [2.75, 3.05) is 18.3 Å². The minimum Gasteiger partial charge on any atom is -0.397 e. The molecule has 66 valence electrons. The molecule has 5 heteroatoms. The van der Waals surface area contributed by atoms with Crippen molar-refractivity contribution in [1.29, 1.82) is 0 Å². The Labute approximate surface area is 83.9 Å². The summed E-state index contributed by atoms with van der Waals surface area (Å²) in [5.74, 6) is 0. The van der Waals surface area contributed by atoms with Crippen LogP contribution in [0.15, 0.2) is 16.6 Å². The number of nitrogens with one attached hydrogen (secondary N) is 1. The second-order valence-electron chi connectivity index (χ2n) is 2.16. The van der Waals surface area contributed by atoms with Gasteiger partial charge in [0.1, 0.15) is 0 Å². The molecule has 0 aromatic heterocycles. The van der Waals surface area contributed by atoms with Crippen LogP contribution in [-0.4, -0.2) is 7.11 Å². The van der Waals surface area contributed by atoms with Crippen LogP contribution in [0.5, 0.6) is 0 Å². The molecule has 0 aliphatic heterocycles. The zero-order chi connectivity index (χ0) is 9.14. The predicted octanol–water partition coefficient (Wildman–Crippen LogP) is 2.66. The lowest BCUT2D eigenvalue weighted by molar-refractivity contribution is 0.271. The Morgan fingerprint density at radius 2 is 2.25 bits per heavy atom. The first-order valence-corrected chi connectivity index (χ1v) is 4.35. The van der Waals surface area contributed by atoms with Crippen LogP contribution in [0, 0.1) is 0 Å². The van der Waals surface area contributed by atoms with Crippen molar-refractivity contribution in [3.8, 4) is 0 Å². The fourth-order valence-corrected chi connectivity index (χ4v) is 1.28. The molecule has 1 rings (SSSR count). The Morgan fingerprint density at radius 1 is 1.58 bits per heavy atom. The van der Waals surface area contributed by atoms with E-state index in [1.807, 2.05) is 0 Å². The minimum absolute atomic E-state index is 0.546. The van der Waals surface area contributed by atoms with E-state index in [2.05, 4.69) is 21.4 Å². The third kappa shape index (κ3) is 2.03. The maximum absolute atomic E-state index is 5.79. The molecular formula is C7H8BrClN2O. The Balaban J connectivity index is 3.05. The van der Waals surface area contributed by atoms with Gasteiger partial charge in [-0.25, -0.2) is 0 Å². The van der Waals surface area contributed by atoms with Crippen molar-refractivity contribution in [1.82, 2.24) is 0 Å². The first-order chi connectivity index (χ1) is 5.65. The van der Waals surface area contributed by atoms with E-state index in [1.165, 1.54) is 7.11 Å². The fraction of sp³-hybridized carbons (Fsp3) is 0.143. The van der Waals surface area contributed by atoms with Gasteiger partial charge < -0.3 is 5.73 Å². The molecule has 0 bridgehead atoms. The van der Waals surface area contributed by atoms with Gasteiger partial charge in [-0.1, -0.05) is 11.6 Å². The van der Waals surface area contributed by atoms with Crippen molar-refractivity contribution in [2.45, 2.75) is 0 Å². The summed E-state index contributed by atoms with van der Waals surface area (Å²) in [7, 11) is 1.52. The van der Waals surface area contributed by atoms with Gasteiger partial charge in [-0.15, -0.1) is 0 Å². The van der Waals surface area contributed by atoms with Gasteiger partial charge in [-0.2, -0.15) is 0 Å². The molecular weight excluding hydrogens is 243 g/mol. The van der Waals surface area contributed by atoms with Gasteiger partial charge in [-0.3, -0.25) is 10.3 Å². The first-order valence-electron chi connectivity index (χ1n) is 3.18. The highest BCUT2D eigenvalue weighted by Gasteiger charge is 2.03. The smallest absolute Gasteiger partial charge is 0.0846 e. The van der Waals surface area contributed by atoms with Crippen LogP contribution in [-0.2, 0) is 4.84 Å². The van der Waals surface area contributed by atoms with Crippen LogP contribution in [0.2, 0.25) is 5.02 Å². The molecule has 0 radical (unpaired) electrons. The van der Waals surface area contributed by atoms with Crippen molar-refractivity contribution >= 4 is 38.9 Å². The van der Waals surface area contributed by atoms with E-state index in [0.717, 1.165) is 4.47 Å². The number of anilines is 2. The Bertz CT molecular complexity index is 293. The Hall–Kier alpha value is -0.450. The van der Waals surface area contributed by atoms with Crippen LogP contribution >= 0.6 is 27.5 Å². The predicted molar refractivity (Wildman–Crippen MR) is 54.2 cm³/mol. The number of hydrogen-bond acceptors (Lipinski definition) is 3. The summed E-state index contributed by atoms with van der Waals surface area (Å²) in [6.07, 6.45) is 0. The van der Waals surface area contributed by atoms with Gasteiger partial charge in [0.2, 0.25) is 0 Å². The van der Waals surface area contributed by atoms with Crippen LogP contribution < -0.4 is 11.2 Å². The van der Waals surface area contributed by atoms with Crippen molar-refractivity contribution in [2.24, 2.45) is 0 Å². The Morgan fingerprint density at radius 3 is 2.83 bits per heavy atom. The van der Waals surface area contributed by atoms with Gasteiger partial charge in [0.15, 0.2) is 0 Å². The van der Waals surface area contributed by atoms with Gasteiger partial charge >= 0.3 is 0 Å². The van der Waals surface area contributed by atoms with Crippen LogP contribution in [0.25, 0.3) is 0 Å². The molecule has 0 unspecified atom stereocenters. The zero-order valence-corrected chi connectivity index (χ0v) is 8.74. The molecule has 0 saturated carbocycles. The largest absolute Gasteiger partial charge is 0.397 e. The molecule has 0 aliphatic rings. The van der Waals surface area contributed by atoms with Crippen LogP contribution in [0.1, 0.15) is 0 Å². The Kier molecular flexibility index (Phi) is 3.20. The van der Waals surface area contributed by atoms with E-state index in [-0.39, 0.29) is 0 Å². The highest BCUT2D eigenvalue weighted by Crippen LogP contribution is 2.30. The van der Waals surface area contributed by atoms with Gasteiger partial charge in [0, 0.05) is 4.47 Å². The molecule has 1 aromatic rings. The maximum atomic E-state index is 5.79. The second-order valence-corrected chi connectivity index (χ2v) is 3.42. The van der Waals surface area contributed by atoms with Gasteiger partial charge in [-0.05, 0) is 28.1 Å². The average Bonchev–Trinajstić information content (AvgIpc) is 2.01. The van der Waals surface area contributed by atoms with Gasteiger partial charge in [0.25, 0.3) is 0 Å².